The average molecular weight is 415 g/mol. The first-order chi connectivity index (χ1) is 14.6. The van der Waals surface area contributed by atoms with Crippen LogP contribution in [0.5, 0.6) is 0 Å². The summed E-state index contributed by atoms with van der Waals surface area (Å²) in [4.78, 5) is 9.33. The highest BCUT2D eigenvalue weighted by atomic mass is 32.1. The first-order valence-corrected chi connectivity index (χ1v) is 10.9. The summed E-state index contributed by atoms with van der Waals surface area (Å²) in [7, 11) is 2.02. The molecule has 3 aromatic heterocycles. The molecule has 7 heteroatoms. The van der Waals surface area contributed by atoms with E-state index in [1.54, 1.807) is 11.3 Å². The molecule has 0 saturated carbocycles. The summed E-state index contributed by atoms with van der Waals surface area (Å²) in [6, 6.07) is 13.1. The lowest BCUT2D eigenvalue weighted by atomic mass is 10.0. The molecule has 0 amide bonds. The van der Waals surface area contributed by atoms with Gasteiger partial charge in [-0.2, -0.15) is 5.26 Å². The zero-order valence-corrected chi connectivity index (χ0v) is 17.8. The summed E-state index contributed by atoms with van der Waals surface area (Å²) in [5.41, 5.74) is 9.98. The van der Waals surface area contributed by atoms with Gasteiger partial charge in [-0.1, -0.05) is 6.07 Å². The monoisotopic (exact) mass is 414 g/mol. The highest BCUT2D eigenvalue weighted by Gasteiger charge is 2.19. The molecule has 4 heterocycles. The van der Waals surface area contributed by atoms with Crippen LogP contribution in [0, 0.1) is 11.3 Å². The van der Waals surface area contributed by atoms with Gasteiger partial charge < -0.3 is 5.01 Å². The molecule has 0 aliphatic carbocycles. The van der Waals surface area contributed by atoms with Crippen molar-refractivity contribution in [1.82, 2.24) is 24.8 Å². The highest BCUT2D eigenvalue weighted by Crippen LogP contribution is 2.31. The van der Waals surface area contributed by atoms with Crippen LogP contribution in [0.4, 0.5) is 0 Å². The number of aromatic nitrogens is 3. The number of rotatable bonds is 5. The minimum atomic E-state index is 0.271. The minimum absolute atomic E-state index is 0.271. The quantitative estimate of drug-likeness (QED) is 0.482. The van der Waals surface area contributed by atoms with Crippen LogP contribution in [0.1, 0.15) is 30.3 Å². The van der Waals surface area contributed by atoms with Crippen molar-refractivity contribution in [2.75, 3.05) is 7.05 Å². The van der Waals surface area contributed by atoms with E-state index in [4.69, 9.17) is 10.2 Å². The zero-order chi connectivity index (χ0) is 20.7. The number of nitrogens with zero attached hydrogens (tertiary/aromatic N) is 5. The van der Waals surface area contributed by atoms with Gasteiger partial charge in [0.1, 0.15) is 5.65 Å². The number of hydrogen-bond donors (Lipinski definition) is 1. The Labute approximate surface area is 179 Å². The minimum Gasteiger partial charge on any atom is -0.318 e. The second-order valence-electron chi connectivity index (χ2n) is 7.64. The Morgan fingerprint density at radius 1 is 1.23 bits per heavy atom. The Balaban J connectivity index is 1.52. The van der Waals surface area contributed by atoms with Gasteiger partial charge in [0, 0.05) is 37.8 Å². The van der Waals surface area contributed by atoms with Gasteiger partial charge in [0.25, 0.3) is 0 Å². The molecule has 1 atom stereocenters. The number of nitrogens with one attached hydrogen (secondary N) is 1. The van der Waals surface area contributed by atoms with Crippen LogP contribution in [0.25, 0.3) is 32.7 Å². The lowest BCUT2D eigenvalue weighted by Crippen LogP contribution is -2.30. The van der Waals surface area contributed by atoms with Crippen LogP contribution in [0.3, 0.4) is 0 Å². The Hall–Kier alpha value is -3.21. The van der Waals surface area contributed by atoms with Crippen LogP contribution in [-0.4, -0.2) is 32.5 Å². The number of imidazole rings is 1. The molecule has 0 saturated heterocycles. The van der Waals surface area contributed by atoms with E-state index in [0.29, 0.717) is 6.42 Å². The Morgan fingerprint density at radius 2 is 2.10 bits per heavy atom. The number of benzene rings is 1. The Kier molecular flexibility index (Phi) is 4.74. The molecule has 0 spiro atoms. The number of aryl methyl sites for hydroxylation is 1. The van der Waals surface area contributed by atoms with E-state index < -0.39 is 0 Å². The first-order valence-electron chi connectivity index (χ1n) is 10.1. The maximum Gasteiger partial charge on any atom is 0.137 e. The van der Waals surface area contributed by atoms with Gasteiger partial charge in [0.15, 0.2) is 0 Å². The molecule has 0 bridgehead atoms. The average Bonchev–Trinajstić information content (AvgIpc) is 3.43. The second kappa shape index (κ2) is 7.56. The van der Waals surface area contributed by atoms with Crippen LogP contribution >= 0.6 is 11.3 Å². The fraction of sp³-hybridized carbons (Fsp3) is 0.261. The Morgan fingerprint density at radius 3 is 2.90 bits per heavy atom. The fourth-order valence-corrected chi connectivity index (χ4v) is 5.03. The molecular formula is C23H22N6S. The molecule has 5 rings (SSSR count). The molecule has 4 aromatic rings. The van der Waals surface area contributed by atoms with Gasteiger partial charge in [0.05, 0.1) is 39.2 Å². The molecule has 150 valence electrons. The summed E-state index contributed by atoms with van der Waals surface area (Å²) >= 11 is 1.72. The molecule has 0 radical (unpaired) electrons. The predicted molar refractivity (Wildman–Crippen MR) is 121 cm³/mol. The molecule has 1 N–H and O–H groups in total. The molecule has 1 aliphatic heterocycles. The lowest BCUT2D eigenvalue weighted by Gasteiger charge is -2.12. The standard InChI is InChI=1S/C23H22N6S/c1-15-18(14-28(2)27-15)17-7-9-22-25-12-20(29(22)13-17)16-6-8-19-21(11-16)30-23(26-19)5-3-4-10-24/h6-9,11-15,27H,3-5H2,1-2H3. The van der Waals surface area contributed by atoms with Crippen molar-refractivity contribution in [3.63, 3.8) is 0 Å². The maximum absolute atomic E-state index is 8.74. The lowest BCUT2D eigenvalue weighted by molar-refractivity contribution is 0.340. The molecular weight excluding hydrogens is 392 g/mol. The largest absolute Gasteiger partial charge is 0.318 e. The van der Waals surface area contributed by atoms with Crippen molar-refractivity contribution in [1.29, 1.82) is 5.26 Å². The predicted octanol–water partition coefficient (Wildman–Crippen LogP) is 4.64. The van der Waals surface area contributed by atoms with Gasteiger partial charge in [0.2, 0.25) is 0 Å². The number of nitriles is 1. The van der Waals surface area contributed by atoms with E-state index in [1.807, 2.05) is 18.3 Å². The summed E-state index contributed by atoms with van der Waals surface area (Å²) in [6.07, 6.45) is 8.54. The van der Waals surface area contributed by atoms with Gasteiger partial charge in [-0.3, -0.25) is 4.40 Å². The number of hydrazine groups is 1. The van der Waals surface area contributed by atoms with Crippen LogP contribution < -0.4 is 5.43 Å². The van der Waals surface area contributed by atoms with E-state index in [1.165, 1.54) is 15.8 Å². The number of unbranched alkanes of at least 4 members (excludes halogenated alkanes) is 1. The third-order valence-electron chi connectivity index (χ3n) is 5.44. The number of pyridine rings is 1. The number of thiazole rings is 1. The zero-order valence-electron chi connectivity index (χ0n) is 17.0. The second-order valence-corrected chi connectivity index (χ2v) is 8.75. The van der Waals surface area contributed by atoms with E-state index in [9.17, 15) is 0 Å². The Bertz CT molecular complexity index is 1310. The molecule has 30 heavy (non-hydrogen) atoms. The van der Waals surface area contributed by atoms with Gasteiger partial charge >= 0.3 is 0 Å². The van der Waals surface area contributed by atoms with Crippen molar-refractivity contribution in [2.45, 2.75) is 32.2 Å². The fourth-order valence-electron chi connectivity index (χ4n) is 3.98. The maximum atomic E-state index is 8.74. The topological polar surface area (TPSA) is 69.2 Å². The van der Waals surface area contributed by atoms with Gasteiger partial charge in [-0.05, 0) is 48.7 Å². The van der Waals surface area contributed by atoms with E-state index in [2.05, 4.69) is 70.5 Å². The molecule has 0 fully saturated rings. The number of hydrogen-bond acceptors (Lipinski definition) is 6. The number of fused-ring (bicyclic) bond motifs is 2. The third-order valence-corrected chi connectivity index (χ3v) is 6.52. The summed E-state index contributed by atoms with van der Waals surface area (Å²) < 4.78 is 3.33. The van der Waals surface area contributed by atoms with Crippen LogP contribution in [-0.2, 0) is 6.42 Å². The normalized spacial score (nSPS) is 16.4. The molecule has 6 nitrogen and oxygen atoms in total. The van der Waals surface area contributed by atoms with Crippen molar-refractivity contribution >= 4 is 32.8 Å². The van der Waals surface area contributed by atoms with Crippen molar-refractivity contribution < 1.29 is 0 Å². The van der Waals surface area contributed by atoms with Crippen LogP contribution in [0.15, 0.2) is 48.9 Å². The van der Waals surface area contributed by atoms with Crippen molar-refractivity contribution in [2.24, 2.45) is 0 Å². The molecule has 1 aromatic carbocycles. The molecule has 1 unspecified atom stereocenters. The van der Waals surface area contributed by atoms with Gasteiger partial charge in [-0.25, -0.2) is 15.4 Å². The van der Waals surface area contributed by atoms with Crippen molar-refractivity contribution in [3.8, 4) is 17.3 Å². The van der Waals surface area contributed by atoms with Crippen molar-refractivity contribution in [3.05, 3.63) is 59.5 Å². The molecule has 1 aliphatic rings. The highest BCUT2D eigenvalue weighted by molar-refractivity contribution is 7.18. The van der Waals surface area contributed by atoms with E-state index in [0.717, 1.165) is 40.3 Å². The van der Waals surface area contributed by atoms with E-state index >= 15 is 0 Å². The van der Waals surface area contributed by atoms with Gasteiger partial charge in [-0.15, -0.1) is 11.3 Å². The summed E-state index contributed by atoms with van der Waals surface area (Å²) in [5.74, 6) is 0. The first kappa shape index (κ1) is 18.8. The van der Waals surface area contributed by atoms with E-state index in [-0.39, 0.29) is 6.04 Å². The smallest absolute Gasteiger partial charge is 0.137 e. The third kappa shape index (κ3) is 3.34. The SMILES string of the molecule is CC1NN(C)C=C1c1ccc2ncc(-c3ccc4nc(CCCC#N)sc4c3)n2c1. The van der Waals surface area contributed by atoms with Crippen LogP contribution in [0.2, 0.25) is 0 Å². The summed E-state index contributed by atoms with van der Waals surface area (Å²) in [5, 5.41) is 11.8. The summed E-state index contributed by atoms with van der Waals surface area (Å²) in [6.45, 7) is 2.17.